The molecule has 1 aromatic rings. The first-order valence-electron chi connectivity index (χ1n) is 7.34. The van der Waals surface area contributed by atoms with Crippen molar-refractivity contribution in [3.8, 4) is 11.8 Å². The van der Waals surface area contributed by atoms with Crippen molar-refractivity contribution in [2.75, 3.05) is 13.2 Å². The predicted octanol–water partition coefficient (Wildman–Crippen LogP) is 3.30. The zero-order valence-electron chi connectivity index (χ0n) is 12.7. The Labute approximate surface area is 126 Å². The van der Waals surface area contributed by atoms with Gasteiger partial charge in [0, 0.05) is 12.1 Å². The van der Waals surface area contributed by atoms with Gasteiger partial charge >= 0.3 is 0 Å². The van der Waals surface area contributed by atoms with Crippen molar-refractivity contribution in [1.82, 2.24) is 5.32 Å². The summed E-state index contributed by atoms with van der Waals surface area (Å²) in [6, 6.07) is 9.37. The Morgan fingerprint density at radius 2 is 2.10 bits per heavy atom. The number of benzene rings is 1. The number of ether oxygens (including phenoxy) is 1. The van der Waals surface area contributed by atoms with Gasteiger partial charge in [-0.25, -0.2) is 0 Å². The zero-order valence-corrected chi connectivity index (χ0v) is 12.7. The molecule has 0 aliphatic carbocycles. The van der Waals surface area contributed by atoms with Crippen LogP contribution in [0.2, 0.25) is 0 Å². The molecule has 0 fully saturated rings. The summed E-state index contributed by atoms with van der Waals surface area (Å²) >= 11 is 0. The Morgan fingerprint density at radius 3 is 2.76 bits per heavy atom. The third kappa shape index (κ3) is 5.70. The van der Waals surface area contributed by atoms with Crippen LogP contribution in [0.25, 0.3) is 6.08 Å². The van der Waals surface area contributed by atoms with Crippen molar-refractivity contribution in [3.05, 3.63) is 35.4 Å². The number of nitrogens with zero attached hydrogens (tertiary/aromatic N) is 1. The monoisotopic (exact) mass is 286 g/mol. The number of hydrogen-bond acceptors (Lipinski definition) is 3. The molecule has 0 aromatic heterocycles. The van der Waals surface area contributed by atoms with Gasteiger partial charge in [0.15, 0.2) is 0 Å². The number of para-hydroxylation sites is 1. The largest absolute Gasteiger partial charge is 0.493 e. The molecule has 1 amide bonds. The van der Waals surface area contributed by atoms with Gasteiger partial charge in [0.05, 0.1) is 6.61 Å². The number of rotatable bonds is 8. The molecule has 0 aliphatic heterocycles. The van der Waals surface area contributed by atoms with Crippen molar-refractivity contribution >= 4 is 12.0 Å². The number of nitriles is 1. The van der Waals surface area contributed by atoms with Crippen LogP contribution in [0.4, 0.5) is 0 Å². The van der Waals surface area contributed by atoms with E-state index < -0.39 is 0 Å². The molecule has 1 aromatic carbocycles. The van der Waals surface area contributed by atoms with Crippen LogP contribution in [-0.2, 0) is 4.79 Å². The van der Waals surface area contributed by atoms with Crippen LogP contribution in [0.15, 0.2) is 29.8 Å². The summed E-state index contributed by atoms with van der Waals surface area (Å²) in [6.45, 7) is 5.26. The van der Waals surface area contributed by atoms with E-state index in [0.29, 0.717) is 18.9 Å². The van der Waals surface area contributed by atoms with Gasteiger partial charge in [-0.05, 0) is 25.0 Å². The number of hydrogen-bond donors (Lipinski definition) is 1. The number of nitrogens with one attached hydrogen (secondary N) is 1. The van der Waals surface area contributed by atoms with E-state index in [-0.39, 0.29) is 11.5 Å². The molecule has 21 heavy (non-hydrogen) atoms. The normalized spacial score (nSPS) is 10.8. The summed E-state index contributed by atoms with van der Waals surface area (Å²) in [4.78, 5) is 11.9. The molecule has 4 heteroatoms. The number of carbonyl (C=O) groups excluding carboxylic acids is 1. The van der Waals surface area contributed by atoms with Crippen molar-refractivity contribution in [3.63, 3.8) is 0 Å². The highest BCUT2D eigenvalue weighted by molar-refractivity contribution is 6.01. The van der Waals surface area contributed by atoms with Gasteiger partial charge in [0.2, 0.25) is 0 Å². The maximum absolute atomic E-state index is 11.9. The molecule has 0 aliphatic rings. The van der Waals surface area contributed by atoms with Gasteiger partial charge < -0.3 is 10.1 Å². The summed E-state index contributed by atoms with van der Waals surface area (Å²) in [5.41, 5.74) is 0.840. The van der Waals surface area contributed by atoms with Crippen LogP contribution >= 0.6 is 0 Å². The van der Waals surface area contributed by atoms with Gasteiger partial charge in [-0.15, -0.1) is 0 Å². The molecule has 1 N–H and O–H groups in total. The van der Waals surface area contributed by atoms with Gasteiger partial charge in [-0.1, -0.05) is 38.5 Å². The minimum atomic E-state index is -0.345. The Kier molecular flexibility index (Phi) is 7.67. The fourth-order valence-corrected chi connectivity index (χ4v) is 1.70. The van der Waals surface area contributed by atoms with E-state index in [1.165, 1.54) is 0 Å². The smallest absolute Gasteiger partial charge is 0.261 e. The molecule has 0 unspecified atom stereocenters. The van der Waals surface area contributed by atoms with Crippen LogP contribution in [0.5, 0.6) is 5.75 Å². The summed E-state index contributed by atoms with van der Waals surface area (Å²) in [7, 11) is 0. The van der Waals surface area contributed by atoms with E-state index in [0.717, 1.165) is 24.8 Å². The molecule has 1 rings (SSSR count). The van der Waals surface area contributed by atoms with Crippen LogP contribution < -0.4 is 10.1 Å². The van der Waals surface area contributed by atoms with Gasteiger partial charge in [0.25, 0.3) is 5.91 Å². The molecular weight excluding hydrogens is 264 g/mol. The van der Waals surface area contributed by atoms with Crippen molar-refractivity contribution in [2.45, 2.75) is 33.1 Å². The lowest BCUT2D eigenvalue weighted by molar-refractivity contribution is -0.117. The Morgan fingerprint density at radius 1 is 1.33 bits per heavy atom. The van der Waals surface area contributed by atoms with E-state index in [1.54, 1.807) is 6.08 Å². The standard InChI is InChI=1S/C17H22N2O2/c1-3-5-11-21-16-9-7-6-8-14(16)12-15(13-18)17(20)19-10-4-2/h6-9,12H,3-5,10-11H2,1-2H3,(H,19,20). The third-order valence-corrected chi connectivity index (χ3v) is 2.87. The SMILES string of the molecule is CCCCOc1ccccc1C=C(C#N)C(=O)NCCC. The van der Waals surface area contributed by atoms with Crippen LogP contribution in [0.3, 0.4) is 0 Å². The maximum atomic E-state index is 11.9. The molecule has 0 heterocycles. The lowest BCUT2D eigenvalue weighted by Crippen LogP contribution is -2.25. The topological polar surface area (TPSA) is 62.1 Å². The molecule has 0 spiro atoms. The van der Waals surface area contributed by atoms with Gasteiger partial charge in [-0.3, -0.25) is 4.79 Å². The maximum Gasteiger partial charge on any atom is 0.261 e. The van der Waals surface area contributed by atoms with E-state index in [9.17, 15) is 4.79 Å². The Bertz CT molecular complexity index is 530. The van der Waals surface area contributed by atoms with Crippen molar-refractivity contribution in [2.24, 2.45) is 0 Å². The highest BCUT2D eigenvalue weighted by atomic mass is 16.5. The van der Waals surface area contributed by atoms with E-state index in [4.69, 9.17) is 10.00 Å². The lowest BCUT2D eigenvalue weighted by Gasteiger charge is -2.09. The second-order valence-corrected chi connectivity index (χ2v) is 4.67. The van der Waals surface area contributed by atoms with Crippen molar-refractivity contribution < 1.29 is 9.53 Å². The summed E-state index contributed by atoms with van der Waals surface area (Å²) in [5.74, 6) is 0.352. The third-order valence-electron chi connectivity index (χ3n) is 2.87. The first kappa shape index (κ1) is 16.8. The average Bonchev–Trinajstić information content (AvgIpc) is 2.51. The lowest BCUT2D eigenvalue weighted by atomic mass is 10.1. The fourth-order valence-electron chi connectivity index (χ4n) is 1.70. The molecule has 0 bridgehead atoms. The van der Waals surface area contributed by atoms with Crippen LogP contribution in [0, 0.1) is 11.3 Å². The molecule has 4 nitrogen and oxygen atoms in total. The quantitative estimate of drug-likeness (QED) is 0.453. The molecule has 112 valence electrons. The molecular formula is C17H22N2O2. The number of unbranched alkanes of at least 4 members (excludes halogenated alkanes) is 1. The number of amides is 1. The molecule has 0 atom stereocenters. The van der Waals surface area contributed by atoms with Crippen LogP contribution in [0.1, 0.15) is 38.7 Å². The Balaban J connectivity index is 2.90. The number of carbonyl (C=O) groups is 1. The highest BCUT2D eigenvalue weighted by Crippen LogP contribution is 2.21. The van der Waals surface area contributed by atoms with Gasteiger partial charge in [-0.2, -0.15) is 5.26 Å². The first-order chi connectivity index (χ1) is 10.2. The highest BCUT2D eigenvalue weighted by Gasteiger charge is 2.09. The van der Waals surface area contributed by atoms with Gasteiger partial charge in [0.1, 0.15) is 17.4 Å². The first-order valence-corrected chi connectivity index (χ1v) is 7.34. The second-order valence-electron chi connectivity index (χ2n) is 4.67. The molecule has 0 saturated heterocycles. The summed E-state index contributed by atoms with van der Waals surface area (Å²) in [6.07, 6.45) is 4.44. The molecule has 0 radical (unpaired) electrons. The summed E-state index contributed by atoms with van der Waals surface area (Å²) < 4.78 is 5.70. The summed E-state index contributed by atoms with van der Waals surface area (Å²) in [5, 5.41) is 11.8. The van der Waals surface area contributed by atoms with E-state index in [1.807, 2.05) is 37.3 Å². The zero-order chi connectivity index (χ0) is 15.5. The fraction of sp³-hybridized carbons (Fsp3) is 0.412. The average molecular weight is 286 g/mol. The minimum absolute atomic E-state index is 0.0926. The minimum Gasteiger partial charge on any atom is -0.493 e. The van der Waals surface area contributed by atoms with Crippen LogP contribution in [-0.4, -0.2) is 19.1 Å². The van der Waals surface area contributed by atoms with E-state index in [2.05, 4.69) is 12.2 Å². The van der Waals surface area contributed by atoms with Crippen molar-refractivity contribution in [1.29, 1.82) is 5.26 Å². The van der Waals surface area contributed by atoms with E-state index >= 15 is 0 Å². The second kappa shape index (κ2) is 9.60. The molecule has 0 saturated carbocycles. The Hall–Kier alpha value is -2.28. The predicted molar refractivity (Wildman–Crippen MR) is 83.7 cm³/mol.